The van der Waals surface area contributed by atoms with Crippen LogP contribution >= 0.6 is 0 Å². The van der Waals surface area contributed by atoms with Crippen LogP contribution in [-0.4, -0.2) is 62.6 Å². The fourth-order valence-corrected chi connectivity index (χ4v) is 6.55. The SMILES string of the molecule is CCn1nccc1C(=O)NC(c1cn2nc(C(COC)C3C[C@@H](C(F)(F)F)CNC3=O)ccc2n1)C(C1CC1)C1CC1. The number of aromatic nitrogens is 5. The summed E-state index contributed by atoms with van der Waals surface area (Å²) in [4.78, 5) is 31.0. The number of aryl methyl sites for hydroxylation is 1. The molecule has 1 aliphatic heterocycles. The number of hydrogen-bond donors (Lipinski definition) is 2. The van der Waals surface area contributed by atoms with Gasteiger partial charge in [0.05, 0.1) is 36.2 Å². The van der Waals surface area contributed by atoms with Gasteiger partial charge in [0.1, 0.15) is 5.69 Å². The summed E-state index contributed by atoms with van der Waals surface area (Å²) < 4.78 is 49.2. The number of nitrogens with one attached hydrogen (secondary N) is 2. The number of nitrogens with zero attached hydrogens (tertiary/aromatic N) is 5. The first kappa shape index (κ1) is 28.6. The van der Waals surface area contributed by atoms with Crippen LogP contribution in [0, 0.1) is 29.6 Å². The van der Waals surface area contributed by atoms with Gasteiger partial charge >= 0.3 is 6.18 Å². The fourth-order valence-electron chi connectivity index (χ4n) is 6.55. The van der Waals surface area contributed by atoms with Crippen LogP contribution in [0.15, 0.2) is 30.6 Å². The van der Waals surface area contributed by atoms with Crippen molar-refractivity contribution in [2.24, 2.45) is 29.6 Å². The molecular weight excluding hydrogens is 551 g/mol. The van der Waals surface area contributed by atoms with Crippen molar-refractivity contribution in [2.75, 3.05) is 20.3 Å². The lowest BCUT2D eigenvalue weighted by Crippen LogP contribution is -2.48. The van der Waals surface area contributed by atoms with E-state index in [1.54, 1.807) is 39.8 Å². The summed E-state index contributed by atoms with van der Waals surface area (Å²) in [5.74, 6) is -2.60. The highest BCUT2D eigenvalue weighted by Crippen LogP contribution is 2.54. The Balaban J connectivity index is 1.32. The highest BCUT2D eigenvalue weighted by Gasteiger charge is 2.48. The van der Waals surface area contributed by atoms with Crippen molar-refractivity contribution in [3.05, 3.63) is 47.7 Å². The predicted molar refractivity (Wildman–Crippen MR) is 145 cm³/mol. The number of amides is 2. The van der Waals surface area contributed by atoms with E-state index in [2.05, 4.69) is 15.7 Å². The van der Waals surface area contributed by atoms with Crippen molar-refractivity contribution in [1.29, 1.82) is 0 Å². The maximum atomic E-state index is 13.5. The molecule has 10 nitrogen and oxygen atoms in total. The van der Waals surface area contributed by atoms with Crippen molar-refractivity contribution < 1.29 is 27.5 Å². The highest BCUT2D eigenvalue weighted by molar-refractivity contribution is 5.92. The zero-order valence-corrected chi connectivity index (χ0v) is 23.7. The van der Waals surface area contributed by atoms with Crippen LogP contribution in [0.1, 0.15) is 72.9 Å². The zero-order valence-electron chi connectivity index (χ0n) is 23.7. The Kier molecular flexibility index (Phi) is 7.71. The van der Waals surface area contributed by atoms with Gasteiger partial charge < -0.3 is 15.4 Å². The maximum absolute atomic E-state index is 13.5. The van der Waals surface area contributed by atoms with E-state index in [9.17, 15) is 22.8 Å². The van der Waals surface area contributed by atoms with Crippen LogP contribution in [0.4, 0.5) is 13.2 Å². The molecule has 0 aromatic carbocycles. The summed E-state index contributed by atoms with van der Waals surface area (Å²) in [6, 6.07) is 4.84. The summed E-state index contributed by atoms with van der Waals surface area (Å²) in [7, 11) is 1.45. The summed E-state index contributed by atoms with van der Waals surface area (Å²) >= 11 is 0. The lowest BCUT2D eigenvalue weighted by molar-refractivity contribution is -0.184. The van der Waals surface area contributed by atoms with Crippen molar-refractivity contribution in [3.8, 4) is 0 Å². The first-order valence-corrected chi connectivity index (χ1v) is 14.7. The van der Waals surface area contributed by atoms with Gasteiger partial charge in [-0.2, -0.15) is 23.4 Å². The van der Waals surface area contributed by atoms with Gasteiger partial charge in [0, 0.05) is 38.2 Å². The molecule has 2 saturated carbocycles. The van der Waals surface area contributed by atoms with Gasteiger partial charge in [-0.15, -0.1) is 0 Å². The number of rotatable bonds is 11. The first-order chi connectivity index (χ1) is 20.2. The zero-order chi connectivity index (χ0) is 29.6. The number of imidazole rings is 1. The van der Waals surface area contributed by atoms with Crippen LogP contribution in [0.5, 0.6) is 0 Å². The van der Waals surface area contributed by atoms with E-state index in [4.69, 9.17) is 14.8 Å². The second kappa shape index (κ2) is 11.3. The number of carbonyl (C=O) groups excluding carboxylic acids is 2. The minimum Gasteiger partial charge on any atom is -0.384 e. The number of alkyl halides is 3. The lowest BCUT2D eigenvalue weighted by atomic mass is 9.79. The lowest BCUT2D eigenvalue weighted by Gasteiger charge is -2.34. The third-order valence-corrected chi connectivity index (χ3v) is 9.00. The molecule has 0 spiro atoms. The average Bonchev–Trinajstić information content (AvgIpc) is 3.89. The molecule has 1 saturated heterocycles. The van der Waals surface area contributed by atoms with Gasteiger partial charge in [-0.25, -0.2) is 9.50 Å². The van der Waals surface area contributed by atoms with Crippen molar-refractivity contribution in [1.82, 2.24) is 35.0 Å². The number of ether oxygens (including phenoxy) is 1. The smallest absolute Gasteiger partial charge is 0.384 e. The summed E-state index contributed by atoms with van der Waals surface area (Å²) in [5, 5.41) is 14.6. The third-order valence-electron chi connectivity index (χ3n) is 9.00. The van der Waals surface area contributed by atoms with E-state index in [1.807, 2.05) is 6.92 Å². The minimum absolute atomic E-state index is 0.0396. The predicted octanol–water partition coefficient (Wildman–Crippen LogP) is 3.90. The van der Waals surface area contributed by atoms with Crippen LogP contribution in [0.2, 0.25) is 0 Å². The second-order valence-electron chi connectivity index (χ2n) is 11.9. The average molecular weight is 588 g/mol. The topological polar surface area (TPSA) is 115 Å². The number of hydrogen-bond acceptors (Lipinski definition) is 6. The third kappa shape index (κ3) is 5.75. The molecule has 2 N–H and O–H groups in total. The van der Waals surface area contributed by atoms with Gasteiger partial charge in [0.25, 0.3) is 5.91 Å². The number of fused-ring (bicyclic) bond motifs is 1. The van der Waals surface area contributed by atoms with E-state index in [0.29, 0.717) is 41.1 Å². The Morgan fingerprint density at radius 2 is 1.90 bits per heavy atom. The Labute approximate surface area is 241 Å². The molecular formula is C29H36F3N7O3. The molecule has 6 rings (SSSR count). The largest absolute Gasteiger partial charge is 0.393 e. The molecule has 13 heteroatoms. The van der Waals surface area contributed by atoms with Crippen molar-refractivity contribution in [3.63, 3.8) is 0 Å². The quantitative estimate of drug-likeness (QED) is 0.352. The molecule has 42 heavy (non-hydrogen) atoms. The molecule has 3 aromatic heterocycles. The van der Waals surface area contributed by atoms with Gasteiger partial charge in [-0.3, -0.25) is 14.3 Å². The molecule has 2 amide bonds. The van der Waals surface area contributed by atoms with Gasteiger partial charge in [-0.05, 0) is 75.0 Å². The molecule has 3 aliphatic rings. The van der Waals surface area contributed by atoms with Crippen LogP contribution in [-0.2, 0) is 16.1 Å². The Hall–Kier alpha value is -3.48. The van der Waals surface area contributed by atoms with E-state index in [1.165, 1.54) is 7.11 Å². The van der Waals surface area contributed by atoms with Crippen molar-refractivity contribution in [2.45, 2.75) is 63.7 Å². The van der Waals surface area contributed by atoms with Gasteiger partial charge in [0.2, 0.25) is 5.91 Å². The van der Waals surface area contributed by atoms with E-state index in [-0.39, 0.29) is 30.9 Å². The molecule has 0 radical (unpaired) electrons. The molecule has 226 valence electrons. The van der Waals surface area contributed by atoms with Crippen LogP contribution in [0.25, 0.3) is 5.65 Å². The highest BCUT2D eigenvalue weighted by atomic mass is 19.4. The first-order valence-electron chi connectivity index (χ1n) is 14.7. The normalized spacial score (nSPS) is 22.8. The van der Waals surface area contributed by atoms with E-state index in [0.717, 1.165) is 25.7 Å². The monoisotopic (exact) mass is 587 g/mol. The Morgan fingerprint density at radius 1 is 1.17 bits per heavy atom. The summed E-state index contributed by atoms with van der Waals surface area (Å²) in [5.41, 5.74) is 2.18. The minimum atomic E-state index is -4.41. The molecule has 2 aliphatic carbocycles. The van der Waals surface area contributed by atoms with E-state index >= 15 is 0 Å². The molecule has 3 aromatic rings. The van der Waals surface area contributed by atoms with E-state index < -0.39 is 36.4 Å². The fraction of sp³-hybridized carbons (Fsp3) is 0.621. The van der Waals surface area contributed by atoms with Gasteiger partial charge in [-0.1, -0.05) is 0 Å². The maximum Gasteiger partial charge on any atom is 0.393 e. The van der Waals surface area contributed by atoms with Crippen LogP contribution in [0.3, 0.4) is 0 Å². The van der Waals surface area contributed by atoms with Crippen LogP contribution < -0.4 is 10.6 Å². The van der Waals surface area contributed by atoms with Crippen molar-refractivity contribution >= 4 is 17.5 Å². The summed E-state index contributed by atoms with van der Waals surface area (Å²) in [6.45, 7) is 2.12. The molecule has 3 fully saturated rings. The Bertz CT molecular complexity index is 1430. The van der Waals surface area contributed by atoms with Gasteiger partial charge in [0.15, 0.2) is 5.65 Å². The number of carbonyl (C=O) groups is 2. The molecule has 4 heterocycles. The standard InChI is InChI=1S/C29H36F3N7O3/c1-3-38-23(10-11-34-38)28(41)36-26(25(16-4-5-16)17-6-7-17)22-14-39-24(35-22)9-8-21(37-39)20(15-42-2)19-12-18(29(30,31)32)13-33-27(19)40/h8-11,14,16-20,25-26H,3-7,12-13,15H2,1-2H3,(H,33,40)(H,36,41)/t18-,19?,20?,26?/m1/s1. The summed E-state index contributed by atoms with van der Waals surface area (Å²) in [6.07, 6.45) is 3.16. The molecule has 3 unspecified atom stereocenters. The number of halogens is 3. The number of methoxy groups -OCH3 is 1. The molecule has 0 bridgehead atoms. The number of piperidine rings is 1. The Morgan fingerprint density at radius 3 is 2.55 bits per heavy atom. The molecule has 4 atom stereocenters. The second-order valence-corrected chi connectivity index (χ2v) is 11.9.